The van der Waals surface area contributed by atoms with Crippen molar-refractivity contribution in [3.8, 4) is 6.07 Å². The largest absolute Gasteiger partial charge is 0.302 e. The molecular formula is C9H8N4. The van der Waals surface area contributed by atoms with Crippen LogP contribution in [0.1, 0.15) is 17.1 Å². The normalized spacial score (nSPS) is 10.2. The van der Waals surface area contributed by atoms with Gasteiger partial charge in [0.1, 0.15) is 6.07 Å². The molecule has 64 valence electrons. The van der Waals surface area contributed by atoms with E-state index in [1.165, 1.54) is 0 Å². The lowest BCUT2D eigenvalue weighted by atomic mass is 10.4. The summed E-state index contributed by atoms with van der Waals surface area (Å²) in [5.41, 5.74) is 2.95. The third-order valence-electron chi connectivity index (χ3n) is 1.84. The molecule has 0 atom stereocenters. The highest BCUT2D eigenvalue weighted by atomic mass is 15.0. The summed E-state index contributed by atoms with van der Waals surface area (Å²) in [5.74, 6) is 0. The van der Waals surface area contributed by atoms with Crippen molar-refractivity contribution >= 4 is 5.65 Å². The highest BCUT2D eigenvalue weighted by molar-refractivity contribution is 5.46. The zero-order valence-corrected chi connectivity index (χ0v) is 7.44. The van der Waals surface area contributed by atoms with E-state index >= 15 is 0 Å². The first-order valence-electron chi connectivity index (χ1n) is 3.94. The van der Waals surface area contributed by atoms with Gasteiger partial charge in [-0.3, -0.25) is 0 Å². The van der Waals surface area contributed by atoms with Gasteiger partial charge >= 0.3 is 0 Å². The van der Waals surface area contributed by atoms with Gasteiger partial charge in [0.05, 0.1) is 11.4 Å². The molecule has 0 aliphatic heterocycles. The lowest BCUT2D eigenvalue weighted by Crippen LogP contribution is -1.94. The lowest BCUT2D eigenvalue weighted by Gasteiger charge is -1.96. The van der Waals surface area contributed by atoms with E-state index in [-0.39, 0.29) is 0 Å². The van der Waals surface area contributed by atoms with Crippen LogP contribution in [0.3, 0.4) is 0 Å². The average Bonchev–Trinajstić information content (AvgIpc) is 2.46. The summed E-state index contributed by atoms with van der Waals surface area (Å²) in [5, 5.41) is 8.68. The highest BCUT2D eigenvalue weighted by Gasteiger charge is 2.03. The number of rotatable bonds is 0. The molecular weight excluding hydrogens is 164 g/mol. The zero-order valence-electron chi connectivity index (χ0n) is 7.44. The Morgan fingerprint density at radius 2 is 2.08 bits per heavy atom. The molecule has 0 saturated heterocycles. The van der Waals surface area contributed by atoms with Crippen LogP contribution in [-0.4, -0.2) is 14.4 Å². The number of fused-ring (bicyclic) bond motifs is 1. The van der Waals surface area contributed by atoms with Crippen LogP contribution in [0.4, 0.5) is 0 Å². The third-order valence-corrected chi connectivity index (χ3v) is 1.84. The first-order valence-corrected chi connectivity index (χ1v) is 3.94. The molecule has 13 heavy (non-hydrogen) atoms. The maximum absolute atomic E-state index is 8.68. The molecule has 2 aromatic heterocycles. The number of imidazole rings is 1. The van der Waals surface area contributed by atoms with Crippen molar-refractivity contribution in [3.63, 3.8) is 0 Å². The molecule has 0 radical (unpaired) electrons. The Balaban J connectivity index is 2.85. The van der Waals surface area contributed by atoms with E-state index in [4.69, 9.17) is 5.26 Å². The van der Waals surface area contributed by atoms with Gasteiger partial charge in [-0.2, -0.15) is 5.26 Å². The second kappa shape index (κ2) is 2.56. The SMILES string of the molecule is Cc1cn2cc(C#N)nc(C)c2n1. The van der Waals surface area contributed by atoms with Gasteiger partial charge in [-0.15, -0.1) is 0 Å². The first kappa shape index (κ1) is 7.74. The van der Waals surface area contributed by atoms with Crippen molar-refractivity contribution in [1.29, 1.82) is 5.26 Å². The molecule has 4 heteroatoms. The fraction of sp³-hybridized carbons (Fsp3) is 0.222. The van der Waals surface area contributed by atoms with Gasteiger partial charge < -0.3 is 4.40 Å². The Labute approximate surface area is 75.5 Å². The fourth-order valence-corrected chi connectivity index (χ4v) is 1.33. The maximum Gasteiger partial charge on any atom is 0.158 e. The molecule has 0 saturated carbocycles. The average molecular weight is 172 g/mol. The topological polar surface area (TPSA) is 54.0 Å². The van der Waals surface area contributed by atoms with E-state index in [1.54, 1.807) is 6.20 Å². The second-order valence-corrected chi connectivity index (χ2v) is 2.94. The Hall–Kier alpha value is -1.89. The first-order chi connectivity index (χ1) is 6.20. The molecule has 2 heterocycles. The minimum atomic E-state index is 0.419. The minimum Gasteiger partial charge on any atom is -0.302 e. The summed E-state index contributed by atoms with van der Waals surface area (Å²) in [4.78, 5) is 8.37. The minimum absolute atomic E-state index is 0.419. The van der Waals surface area contributed by atoms with E-state index in [1.807, 2.05) is 30.5 Å². The van der Waals surface area contributed by atoms with Gasteiger partial charge in [0.25, 0.3) is 0 Å². The van der Waals surface area contributed by atoms with Gasteiger partial charge in [0.2, 0.25) is 0 Å². The molecule has 0 aromatic carbocycles. The molecule has 4 nitrogen and oxygen atoms in total. The van der Waals surface area contributed by atoms with Crippen LogP contribution >= 0.6 is 0 Å². The predicted octanol–water partition coefficient (Wildman–Crippen LogP) is 1.22. The van der Waals surface area contributed by atoms with Gasteiger partial charge in [0.15, 0.2) is 11.3 Å². The van der Waals surface area contributed by atoms with Crippen molar-refractivity contribution in [2.75, 3.05) is 0 Å². The van der Waals surface area contributed by atoms with Crippen molar-refractivity contribution in [1.82, 2.24) is 14.4 Å². The van der Waals surface area contributed by atoms with E-state index in [0.29, 0.717) is 5.69 Å². The molecule has 0 amide bonds. The van der Waals surface area contributed by atoms with Gasteiger partial charge in [-0.05, 0) is 13.8 Å². The molecule has 0 N–H and O–H groups in total. The van der Waals surface area contributed by atoms with Gasteiger partial charge in [-0.1, -0.05) is 0 Å². The Morgan fingerprint density at radius 3 is 2.77 bits per heavy atom. The van der Waals surface area contributed by atoms with Crippen LogP contribution in [0.5, 0.6) is 0 Å². The summed E-state index contributed by atoms with van der Waals surface area (Å²) in [6, 6.07) is 2.01. The smallest absolute Gasteiger partial charge is 0.158 e. The summed E-state index contributed by atoms with van der Waals surface area (Å²) < 4.78 is 1.83. The fourth-order valence-electron chi connectivity index (χ4n) is 1.33. The van der Waals surface area contributed by atoms with Gasteiger partial charge in [0, 0.05) is 12.4 Å². The van der Waals surface area contributed by atoms with Gasteiger partial charge in [-0.25, -0.2) is 9.97 Å². The predicted molar refractivity (Wildman–Crippen MR) is 47.2 cm³/mol. The summed E-state index contributed by atoms with van der Waals surface area (Å²) >= 11 is 0. The van der Waals surface area contributed by atoms with Crippen LogP contribution in [0.15, 0.2) is 12.4 Å². The molecule has 0 bridgehead atoms. The number of hydrogen-bond acceptors (Lipinski definition) is 3. The number of aryl methyl sites for hydroxylation is 2. The third kappa shape index (κ3) is 1.14. The van der Waals surface area contributed by atoms with Crippen LogP contribution in [0, 0.1) is 25.2 Å². The molecule has 0 aliphatic carbocycles. The van der Waals surface area contributed by atoms with Crippen molar-refractivity contribution in [2.45, 2.75) is 13.8 Å². The van der Waals surface area contributed by atoms with Crippen LogP contribution in [0.25, 0.3) is 5.65 Å². The number of nitriles is 1. The molecule has 0 spiro atoms. The standard InChI is InChI=1S/C9H8N4/c1-6-4-13-5-8(3-10)12-7(2)9(13)11-6/h4-5H,1-2H3. The van der Waals surface area contributed by atoms with Crippen molar-refractivity contribution in [3.05, 3.63) is 29.5 Å². The Kier molecular flexibility index (Phi) is 1.52. The van der Waals surface area contributed by atoms with E-state index in [9.17, 15) is 0 Å². The number of hydrogen-bond donors (Lipinski definition) is 0. The van der Waals surface area contributed by atoms with Crippen LogP contribution in [0.2, 0.25) is 0 Å². The maximum atomic E-state index is 8.68. The Morgan fingerprint density at radius 1 is 1.31 bits per heavy atom. The number of nitrogens with zero attached hydrogens (tertiary/aromatic N) is 4. The molecule has 0 aliphatic rings. The lowest BCUT2D eigenvalue weighted by molar-refractivity contribution is 1.06. The second-order valence-electron chi connectivity index (χ2n) is 2.94. The summed E-state index contributed by atoms with van der Waals surface area (Å²) in [6.07, 6.45) is 3.56. The number of aromatic nitrogens is 3. The van der Waals surface area contributed by atoms with E-state index in [2.05, 4.69) is 9.97 Å². The zero-order chi connectivity index (χ0) is 9.42. The van der Waals surface area contributed by atoms with Crippen molar-refractivity contribution in [2.24, 2.45) is 0 Å². The molecule has 0 unspecified atom stereocenters. The molecule has 2 rings (SSSR count). The Bertz CT molecular complexity index is 504. The van der Waals surface area contributed by atoms with Crippen LogP contribution < -0.4 is 0 Å². The van der Waals surface area contributed by atoms with E-state index < -0.39 is 0 Å². The monoisotopic (exact) mass is 172 g/mol. The van der Waals surface area contributed by atoms with Crippen molar-refractivity contribution < 1.29 is 0 Å². The highest BCUT2D eigenvalue weighted by Crippen LogP contribution is 2.08. The molecule has 2 aromatic rings. The molecule has 0 fully saturated rings. The summed E-state index contributed by atoms with van der Waals surface area (Å²) in [7, 11) is 0. The van der Waals surface area contributed by atoms with E-state index in [0.717, 1.165) is 17.0 Å². The quantitative estimate of drug-likeness (QED) is 0.600. The summed E-state index contributed by atoms with van der Waals surface area (Å²) in [6.45, 7) is 3.76. The van der Waals surface area contributed by atoms with Crippen LogP contribution in [-0.2, 0) is 0 Å².